The van der Waals surface area contributed by atoms with Crippen molar-refractivity contribution in [3.63, 3.8) is 0 Å². The van der Waals surface area contributed by atoms with Gasteiger partial charge in [-0.05, 0) is 43.6 Å². The van der Waals surface area contributed by atoms with Crippen LogP contribution in [0.4, 0.5) is 0 Å². The molecule has 0 spiro atoms. The molecule has 2 aliphatic rings. The maximum atomic E-state index is 13.1. The van der Waals surface area contributed by atoms with Gasteiger partial charge in [-0.1, -0.05) is 75.3 Å². The van der Waals surface area contributed by atoms with Gasteiger partial charge in [0.15, 0.2) is 0 Å². The molecule has 0 unspecified atom stereocenters. The maximum absolute atomic E-state index is 13.1. The summed E-state index contributed by atoms with van der Waals surface area (Å²) in [5.74, 6) is -0.0140. The Morgan fingerprint density at radius 2 is 1.72 bits per heavy atom. The first-order valence-corrected chi connectivity index (χ1v) is 14.9. The first-order chi connectivity index (χ1) is 18.9. The molecular formula is C31H48N2O6. The Morgan fingerprint density at radius 3 is 2.41 bits per heavy atom. The second-order valence-corrected chi connectivity index (χ2v) is 11.3. The summed E-state index contributed by atoms with van der Waals surface area (Å²) >= 11 is 0. The number of aliphatic hydroxyl groups is 1. The van der Waals surface area contributed by atoms with E-state index in [1.165, 1.54) is 39.2 Å². The highest BCUT2D eigenvalue weighted by Crippen LogP contribution is 2.28. The van der Waals surface area contributed by atoms with Crippen molar-refractivity contribution >= 4 is 17.8 Å². The van der Waals surface area contributed by atoms with Gasteiger partial charge in [0, 0.05) is 31.6 Å². The second kappa shape index (κ2) is 17.3. The number of esters is 1. The number of benzene rings is 1. The zero-order chi connectivity index (χ0) is 27.9. The molecule has 1 heterocycles. The third-order valence-corrected chi connectivity index (χ3v) is 8.25. The Kier molecular flexibility index (Phi) is 13.8. The van der Waals surface area contributed by atoms with Crippen LogP contribution in [-0.2, 0) is 30.3 Å². The van der Waals surface area contributed by atoms with Gasteiger partial charge in [0.05, 0.1) is 25.7 Å². The van der Waals surface area contributed by atoms with E-state index in [9.17, 15) is 19.5 Å². The molecule has 2 fully saturated rings. The van der Waals surface area contributed by atoms with E-state index in [4.69, 9.17) is 4.74 Å². The Bertz CT molecular complexity index is 867. The highest BCUT2D eigenvalue weighted by molar-refractivity contribution is 5.81. The van der Waals surface area contributed by atoms with Crippen molar-refractivity contribution in [3.05, 3.63) is 35.9 Å². The minimum Gasteiger partial charge on any atom is -0.469 e. The number of hydrogen-bond acceptors (Lipinski definition) is 6. The van der Waals surface area contributed by atoms with Gasteiger partial charge in [-0.25, -0.2) is 0 Å². The van der Waals surface area contributed by atoms with Crippen molar-refractivity contribution in [1.82, 2.24) is 10.6 Å². The lowest BCUT2D eigenvalue weighted by molar-refractivity contribution is -0.142. The SMILES string of the molecule is COC(=O)CCC(=O)N[C@@H](Cc1ccccc1)[C@@H](O)C[C@H](CCCC1CCCCC1)NC(=O)C1CCOCC1. The van der Waals surface area contributed by atoms with E-state index in [0.717, 1.165) is 43.6 Å². The molecule has 1 saturated heterocycles. The first kappa shape index (κ1) is 31.1. The van der Waals surface area contributed by atoms with Crippen molar-refractivity contribution in [2.45, 2.75) is 108 Å². The molecule has 0 bridgehead atoms. The summed E-state index contributed by atoms with van der Waals surface area (Å²) in [4.78, 5) is 37.3. The Morgan fingerprint density at radius 1 is 1.00 bits per heavy atom. The Labute approximate surface area is 233 Å². The number of amides is 2. The minimum atomic E-state index is -0.859. The number of ether oxygens (including phenoxy) is 2. The van der Waals surface area contributed by atoms with E-state index in [1.54, 1.807) is 0 Å². The van der Waals surface area contributed by atoms with Crippen LogP contribution in [0, 0.1) is 11.8 Å². The molecular weight excluding hydrogens is 496 g/mol. The molecule has 1 aliphatic heterocycles. The van der Waals surface area contributed by atoms with Gasteiger partial charge in [0.1, 0.15) is 0 Å². The van der Waals surface area contributed by atoms with E-state index in [-0.39, 0.29) is 36.6 Å². The van der Waals surface area contributed by atoms with Gasteiger partial charge in [-0.3, -0.25) is 14.4 Å². The molecule has 1 aromatic rings. The molecule has 3 atom stereocenters. The topological polar surface area (TPSA) is 114 Å². The smallest absolute Gasteiger partial charge is 0.306 e. The second-order valence-electron chi connectivity index (χ2n) is 11.3. The van der Waals surface area contributed by atoms with Crippen LogP contribution >= 0.6 is 0 Å². The summed E-state index contributed by atoms with van der Waals surface area (Å²) in [6.45, 7) is 1.20. The van der Waals surface area contributed by atoms with E-state index in [1.807, 2.05) is 30.3 Å². The molecule has 2 amide bonds. The van der Waals surface area contributed by atoms with Crippen LogP contribution in [0.15, 0.2) is 30.3 Å². The average molecular weight is 545 g/mol. The van der Waals surface area contributed by atoms with Crippen molar-refractivity contribution in [2.24, 2.45) is 11.8 Å². The van der Waals surface area contributed by atoms with Crippen molar-refractivity contribution in [2.75, 3.05) is 20.3 Å². The number of hydrogen-bond donors (Lipinski definition) is 3. The van der Waals surface area contributed by atoms with Crippen molar-refractivity contribution in [1.29, 1.82) is 0 Å². The largest absolute Gasteiger partial charge is 0.469 e. The Balaban J connectivity index is 1.64. The van der Waals surface area contributed by atoms with E-state index in [0.29, 0.717) is 26.1 Å². The predicted octanol–water partition coefficient (Wildman–Crippen LogP) is 4.08. The number of rotatable bonds is 15. The monoisotopic (exact) mass is 544 g/mol. The van der Waals surface area contributed by atoms with Gasteiger partial charge in [0.25, 0.3) is 0 Å². The van der Waals surface area contributed by atoms with Gasteiger partial charge < -0.3 is 25.2 Å². The lowest BCUT2D eigenvalue weighted by Gasteiger charge is -2.30. The summed E-state index contributed by atoms with van der Waals surface area (Å²) < 4.78 is 10.1. The molecule has 1 saturated carbocycles. The zero-order valence-electron chi connectivity index (χ0n) is 23.6. The number of nitrogens with one attached hydrogen (secondary N) is 2. The van der Waals surface area contributed by atoms with E-state index >= 15 is 0 Å². The highest BCUT2D eigenvalue weighted by Gasteiger charge is 2.29. The summed E-state index contributed by atoms with van der Waals surface area (Å²) in [5.41, 5.74) is 0.995. The van der Waals surface area contributed by atoms with Crippen LogP contribution in [0.2, 0.25) is 0 Å². The number of aliphatic hydroxyl groups excluding tert-OH is 1. The van der Waals surface area contributed by atoms with E-state index in [2.05, 4.69) is 15.4 Å². The molecule has 0 aromatic heterocycles. The van der Waals surface area contributed by atoms with Crippen LogP contribution < -0.4 is 10.6 Å². The number of carbonyl (C=O) groups is 3. The quantitative estimate of drug-likeness (QED) is 0.287. The van der Waals surface area contributed by atoms with Crippen molar-refractivity contribution in [3.8, 4) is 0 Å². The van der Waals surface area contributed by atoms with Crippen molar-refractivity contribution < 1.29 is 29.0 Å². The van der Waals surface area contributed by atoms with Crippen LogP contribution in [0.3, 0.4) is 0 Å². The Hall–Kier alpha value is -2.45. The lowest BCUT2D eigenvalue weighted by Crippen LogP contribution is -2.49. The van der Waals surface area contributed by atoms with E-state index < -0.39 is 18.1 Å². The van der Waals surface area contributed by atoms with Gasteiger partial charge in [-0.15, -0.1) is 0 Å². The van der Waals surface area contributed by atoms with Crippen LogP contribution in [0.25, 0.3) is 0 Å². The first-order valence-electron chi connectivity index (χ1n) is 14.9. The standard InChI is InChI=1S/C31H48N2O6/c1-38-30(36)16-15-29(35)33-27(21-24-11-6-3-7-12-24)28(34)22-26(14-8-13-23-9-4-2-5-10-23)32-31(37)25-17-19-39-20-18-25/h3,6-7,11-12,23,25-28,34H,2,4-5,8-10,13-22H2,1H3,(H,32,37)(H,33,35)/t26-,27-,28-/m0/s1. The fourth-order valence-corrected chi connectivity index (χ4v) is 5.86. The van der Waals surface area contributed by atoms with Crippen LogP contribution in [0.1, 0.15) is 89.0 Å². The predicted molar refractivity (Wildman–Crippen MR) is 150 cm³/mol. The molecule has 39 heavy (non-hydrogen) atoms. The van der Waals surface area contributed by atoms with Crippen LogP contribution in [-0.4, -0.2) is 61.4 Å². The fraction of sp³-hybridized carbons (Fsp3) is 0.710. The molecule has 8 nitrogen and oxygen atoms in total. The van der Waals surface area contributed by atoms with Crippen LogP contribution in [0.5, 0.6) is 0 Å². The summed E-state index contributed by atoms with van der Waals surface area (Å²) in [7, 11) is 1.30. The normalized spacial score (nSPS) is 19.0. The molecule has 218 valence electrons. The third kappa shape index (κ3) is 11.7. The highest BCUT2D eigenvalue weighted by atomic mass is 16.5. The molecule has 1 aliphatic carbocycles. The molecule has 3 rings (SSSR count). The molecule has 0 radical (unpaired) electrons. The summed E-state index contributed by atoms with van der Waals surface area (Å²) in [6, 6.07) is 9.00. The lowest BCUT2D eigenvalue weighted by atomic mass is 9.85. The third-order valence-electron chi connectivity index (χ3n) is 8.25. The summed E-state index contributed by atoms with van der Waals surface area (Å²) in [6.07, 6.45) is 10.9. The minimum absolute atomic E-state index is 0.00398. The summed E-state index contributed by atoms with van der Waals surface area (Å²) in [5, 5.41) is 17.6. The molecule has 8 heteroatoms. The number of carbonyl (C=O) groups excluding carboxylic acids is 3. The average Bonchev–Trinajstić information content (AvgIpc) is 2.97. The zero-order valence-corrected chi connectivity index (χ0v) is 23.6. The maximum Gasteiger partial charge on any atom is 0.306 e. The van der Waals surface area contributed by atoms with Gasteiger partial charge >= 0.3 is 5.97 Å². The molecule has 3 N–H and O–H groups in total. The molecule has 1 aromatic carbocycles. The fourth-order valence-electron chi connectivity index (χ4n) is 5.86. The van der Waals surface area contributed by atoms with Gasteiger partial charge in [0.2, 0.25) is 11.8 Å². The number of methoxy groups -OCH3 is 1. The van der Waals surface area contributed by atoms with Gasteiger partial charge in [-0.2, -0.15) is 0 Å².